The first kappa shape index (κ1) is 19.3. The molecule has 0 aliphatic rings. The van der Waals surface area contributed by atoms with Crippen LogP contribution in [0, 0.1) is 0 Å². The average Bonchev–Trinajstić information content (AvgIpc) is 2.53. The van der Waals surface area contributed by atoms with Crippen LogP contribution in [0.4, 0.5) is 26.3 Å². The molecule has 0 N–H and O–H groups in total. The molecule has 0 saturated carbocycles. The molecule has 7 heteroatoms. The summed E-state index contributed by atoms with van der Waals surface area (Å²) in [4.78, 5) is 0. The normalized spacial score (nSPS) is 15.0. The van der Waals surface area contributed by atoms with Gasteiger partial charge in [-0.3, -0.25) is 0 Å². The number of benzene rings is 2. The zero-order valence-corrected chi connectivity index (χ0v) is 13.0. The van der Waals surface area contributed by atoms with Crippen LogP contribution in [0.1, 0.15) is 36.2 Å². The molecule has 0 aliphatic carbocycles. The molecule has 0 fully saturated rings. The number of halogens is 6. The maximum atomic E-state index is 12.9. The number of hydrogen-bond donors (Lipinski definition) is 0. The van der Waals surface area contributed by atoms with Gasteiger partial charge in [0.2, 0.25) is 0 Å². The molecule has 0 spiro atoms. The lowest BCUT2D eigenvalue weighted by atomic mass is 10.0. The first-order valence-electron chi connectivity index (χ1n) is 7.53. The predicted octanol–water partition coefficient (Wildman–Crippen LogP) is 6.39. The quantitative estimate of drug-likeness (QED) is 0.541. The standard InChI is InChI=1S/C18H16F6O/c19-17(20,21)11-15(13-7-3-1-4-8-13)25-16(12-18(22,23)24)14-9-5-2-6-10-14/h1-10,15-16H,11-12H2. The van der Waals surface area contributed by atoms with Gasteiger partial charge in [0, 0.05) is 0 Å². The number of ether oxygens (including phenoxy) is 1. The Bertz CT molecular complexity index is 579. The van der Waals surface area contributed by atoms with E-state index in [9.17, 15) is 26.3 Å². The van der Waals surface area contributed by atoms with E-state index in [0.717, 1.165) is 0 Å². The Hall–Kier alpha value is -2.02. The summed E-state index contributed by atoms with van der Waals surface area (Å²) in [5.74, 6) is 0. The van der Waals surface area contributed by atoms with Crippen molar-refractivity contribution < 1.29 is 31.1 Å². The van der Waals surface area contributed by atoms with Gasteiger partial charge in [0.05, 0.1) is 25.0 Å². The van der Waals surface area contributed by atoms with Crippen LogP contribution in [-0.2, 0) is 4.74 Å². The van der Waals surface area contributed by atoms with Crippen molar-refractivity contribution in [1.29, 1.82) is 0 Å². The van der Waals surface area contributed by atoms with E-state index in [4.69, 9.17) is 4.74 Å². The smallest absolute Gasteiger partial charge is 0.365 e. The third-order valence-electron chi connectivity index (χ3n) is 3.50. The zero-order valence-electron chi connectivity index (χ0n) is 13.0. The van der Waals surface area contributed by atoms with Gasteiger partial charge < -0.3 is 4.74 Å². The first-order valence-corrected chi connectivity index (χ1v) is 7.53. The van der Waals surface area contributed by atoms with E-state index in [1.807, 2.05) is 0 Å². The van der Waals surface area contributed by atoms with Crippen LogP contribution in [0.5, 0.6) is 0 Å². The van der Waals surface area contributed by atoms with Gasteiger partial charge in [-0.25, -0.2) is 0 Å². The van der Waals surface area contributed by atoms with E-state index in [1.165, 1.54) is 48.5 Å². The fourth-order valence-corrected chi connectivity index (χ4v) is 2.44. The van der Waals surface area contributed by atoms with Crippen molar-refractivity contribution >= 4 is 0 Å². The summed E-state index contributed by atoms with van der Waals surface area (Å²) in [6, 6.07) is 14.9. The minimum atomic E-state index is -4.57. The van der Waals surface area contributed by atoms with Gasteiger partial charge in [-0.15, -0.1) is 0 Å². The highest BCUT2D eigenvalue weighted by Gasteiger charge is 2.38. The molecule has 0 amide bonds. The van der Waals surface area contributed by atoms with Crippen molar-refractivity contribution in [2.45, 2.75) is 37.4 Å². The first-order chi connectivity index (χ1) is 11.6. The lowest BCUT2D eigenvalue weighted by Gasteiger charge is -2.27. The summed E-state index contributed by atoms with van der Waals surface area (Å²) in [5, 5.41) is 0. The van der Waals surface area contributed by atoms with Crippen LogP contribution < -0.4 is 0 Å². The second-order valence-electron chi connectivity index (χ2n) is 5.57. The molecule has 1 nitrogen and oxygen atoms in total. The van der Waals surface area contributed by atoms with Gasteiger partial charge in [0.25, 0.3) is 0 Å². The summed E-state index contributed by atoms with van der Waals surface area (Å²) in [5.41, 5.74) is 0.367. The third-order valence-corrected chi connectivity index (χ3v) is 3.50. The molecule has 0 heterocycles. The van der Waals surface area contributed by atoms with E-state index in [-0.39, 0.29) is 11.1 Å². The van der Waals surface area contributed by atoms with Crippen molar-refractivity contribution in [1.82, 2.24) is 0 Å². The zero-order chi connectivity index (χ0) is 18.5. The van der Waals surface area contributed by atoms with E-state index in [1.54, 1.807) is 12.1 Å². The molecule has 0 bridgehead atoms. The average molecular weight is 362 g/mol. The van der Waals surface area contributed by atoms with Gasteiger partial charge >= 0.3 is 12.4 Å². The molecule has 2 aromatic carbocycles. The fraction of sp³-hybridized carbons (Fsp3) is 0.333. The summed E-state index contributed by atoms with van der Waals surface area (Å²) in [7, 11) is 0. The van der Waals surface area contributed by atoms with Crippen LogP contribution >= 0.6 is 0 Å². The maximum absolute atomic E-state index is 12.9. The Morgan fingerprint density at radius 1 is 0.600 bits per heavy atom. The lowest BCUT2D eigenvalue weighted by Crippen LogP contribution is -2.22. The van der Waals surface area contributed by atoms with Crippen LogP contribution in [0.2, 0.25) is 0 Å². The predicted molar refractivity (Wildman–Crippen MR) is 80.8 cm³/mol. The van der Waals surface area contributed by atoms with Gasteiger partial charge in [-0.05, 0) is 11.1 Å². The Morgan fingerprint density at radius 3 is 1.20 bits per heavy atom. The molecule has 0 radical (unpaired) electrons. The molecular formula is C18H16F6O. The van der Waals surface area contributed by atoms with E-state index in [0.29, 0.717) is 0 Å². The highest BCUT2D eigenvalue weighted by molar-refractivity contribution is 5.20. The highest BCUT2D eigenvalue weighted by atomic mass is 19.4. The van der Waals surface area contributed by atoms with E-state index < -0.39 is 37.4 Å². The molecule has 2 atom stereocenters. The van der Waals surface area contributed by atoms with Gasteiger partial charge in [0.15, 0.2) is 0 Å². The van der Waals surface area contributed by atoms with E-state index >= 15 is 0 Å². The molecule has 136 valence electrons. The number of alkyl halides is 6. The van der Waals surface area contributed by atoms with Crippen molar-refractivity contribution in [3.63, 3.8) is 0 Å². The second-order valence-corrected chi connectivity index (χ2v) is 5.57. The second kappa shape index (κ2) is 7.91. The van der Waals surface area contributed by atoms with Gasteiger partial charge in [0.1, 0.15) is 0 Å². The summed E-state index contributed by atoms with van der Waals surface area (Å²) in [6.45, 7) is 0. The number of rotatable bonds is 6. The Morgan fingerprint density at radius 2 is 0.920 bits per heavy atom. The minimum Gasteiger partial charge on any atom is -0.365 e. The molecule has 0 aromatic heterocycles. The Labute approximate surface area is 141 Å². The van der Waals surface area contributed by atoms with Gasteiger partial charge in [-0.1, -0.05) is 60.7 Å². The molecule has 0 aliphatic heterocycles. The van der Waals surface area contributed by atoms with Gasteiger partial charge in [-0.2, -0.15) is 26.3 Å². The Kier molecular flexibility index (Phi) is 6.11. The molecule has 2 aromatic rings. The Balaban J connectivity index is 2.31. The topological polar surface area (TPSA) is 9.23 Å². The fourth-order valence-electron chi connectivity index (χ4n) is 2.44. The van der Waals surface area contributed by atoms with Crippen molar-refractivity contribution in [2.75, 3.05) is 0 Å². The molecule has 2 rings (SSSR count). The molecule has 2 unspecified atom stereocenters. The number of hydrogen-bond acceptors (Lipinski definition) is 1. The summed E-state index contributed by atoms with van der Waals surface area (Å²) < 4.78 is 82.6. The van der Waals surface area contributed by atoms with Crippen molar-refractivity contribution in [3.05, 3.63) is 71.8 Å². The maximum Gasteiger partial charge on any atom is 0.391 e. The monoisotopic (exact) mass is 362 g/mol. The molecular weight excluding hydrogens is 346 g/mol. The SMILES string of the molecule is FC(F)(F)CC(OC(CC(F)(F)F)c1ccccc1)c1ccccc1. The van der Waals surface area contributed by atoms with Crippen LogP contribution in [0.15, 0.2) is 60.7 Å². The van der Waals surface area contributed by atoms with Crippen molar-refractivity contribution in [3.8, 4) is 0 Å². The van der Waals surface area contributed by atoms with Crippen molar-refractivity contribution in [2.24, 2.45) is 0 Å². The summed E-state index contributed by atoms with van der Waals surface area (Å²) >= 11 is 0. The third kappa shape index (κ3) is 6.78. The lowest BCUT2D eigenvalue weighted by molar-refractivity contribution is -0.193. The largest absolute Gasteiger partial charge is 0.391 e. The minimum absolute atomic E-state index is 0.183. The summed E-state index contributed by atoms with van der Waals surface area (Å²) in [6.07, 6.45) is -14.9. The molecule has 25 heavy (non-hydrogen) atoms. The van der Waals surface area contributed by atoms with Crippen LogP contribution in [-0.4, -0.2) is 12.4 Å². The highest BCUT2D eigenvalue weighted by Crippen LogP contribution is 2.39. The van der Waals surface area contributed by atoms with Crippen LogP contribution in [0.3, 0.4) is 0 Å². The van der Waals surface area contributed by atoms with Crippen LogP contribution in [0.25, 0.3) is 0 Å². The van der Waals surface area contributed by atoms with E-state index in [2.05, 4.69) is 0 Å². The molecule has 0 saturated heterocycles.